The maximum atomic E-state index is 5.89. The van der Waals surface area contributed by atoms with Crippen molar-refractivity contribution < 1.29 is 4.74 Å². The van der Waals surface area contributed by atoms with E-state index in [4.69, 9.17) is 9.72 Å². The molecule has 20 heavy (non-hydrogen) atoms. The van der Waals surface area contributed by atoms with E-state index in [1.54, 1.807) is 0 Å². The number of aromatic nitrogens is 3. The van der Waals surface area contributed by atoms with Gasteiger partial charge in [-0.1, -0.05) is 19.3 Å². The van der Waals surface area contributed by atoms with Gasteiger partial charge in [-0.3, -0.25) is 0 Å². The fourth-order valence-electron chi connectivity index (χ4n) is 3.65. The molecular weight excluding hydrogens is 250 g/mol. The summed E-state index contributed by atoms with van der Waals surface area (Å²) in [5.41, 5.74) is 2.06. The summed E-state index contributed by atoms with van der Waals surface area (Å²) in [6, 6.07) is 4.60. The molecule has 4 rings (SSSR count). The zero-order valence-corrected chi connectivity index (χ0v) is 11.8. The third-order valence-corrected chi connectivity index (χ3v) is 4.63. The summed E-state index contributed by atoms with van der Waals surface area (Å²) in [6.45, 7) is 0.867. The van der Waals surface area contributed by atoms with E-state index < -0.39 is 0 Å². The van der Waals surface area contributed by atoms with Crippen LogP contribution in [0.4, 0.5) is 0 Å². The number of fused-ring (bicyclic) bond motifs is 1. The lowest BCUT2D eigenvalue weighted by atomic mass is 9.95. The first-order valence-electron chi connectivity index (χ1n) is 7.88. The Morgan fingerprint density at radius 2 is 2.00 bits per heavy atom. The van der Waals surface area contributed by atoms with E-state index in [-0.39, 0.29) is 6.10 Å². The summed E-state index contributed by atoms with van der Waals surface area (Å²) >= 11 is 0. The van der Waals surface area contributed by atoms with E-state index in [1.165, 1.54) is 32.1 Å². The molecule has 2 aromatic heterocycles. The first kappa shape index (κ1) is 12.3. The molecule has 4 heteroatoms. The summed E-state index contributed by atoms with van der Waals surface area (Å²) < 4.78 is 8.28. The molecule has 0 spiro atoms. The third kappa shape index (κ3) is 2.03. The van der Waals surface area contributed by atoms with Gasteiger partial charge in [-0.2, -0.15) is 0 Å². The molecular formula is C16H21N3O. The maximum absolute atomic E-state index is 5.89. The van der Waals surface area contributed by atoms with Gasteiger partial charge in [-0.05, 0) is 37.8 Å². The summed E-state index contributed by atoms with van der Waals surface area (Å²) in [4.78, 5) is 9.44. The molecule has 1 aliphatic carbocycles. The summed E-state index contributed by atoms with van der Waals surface area (Å²) in [5, 5.41) is 0. The standard InChI is InChI=1S/C16H21N3O/c1-2-6-12(7-3-1)19-15-13(8-4-10-17-15)18-16(19)14-9-5-11-20-14/h4,8,10,12,14H,1-3,5-7,9,11H2. The van der Waals surface area contributed by atoms with Crippen molar-refractivity contribution >= 4 is 11.2 Å². The van der Waals surface area contributed by atoms with E-state index in [2.05, 4.69) is 15.6 Å². The molecule has 1 saturated carbocycles. The third-order valence-electron chi connectivity index (χ3n) is 4.63. The fourth-order valence-corrected chi connectivity index (χ4v) is 3.65. The van der Waals surface area contributed by atoms with Crippen LogP contribution in [0.25, 0.3) is 11.2 Å². The molecule has 2 aliphatic rings. The van der Waals surface area contributed by atoms with Crippen LogP contribution >= 0.6 is 0 Å². The second-order valence-electron chi connectivity index (χ2n) is 5.98. The van der Waals surface area contributed by atoms with Crippen LogP contribution in [0.5, 0.6) is 0 Å². The predicted octanol–water partition coefficient (Wildman–Crippen LogP) is 3.79. The fraction of sp³-hybridized carbons (Fsp3) is 0.625. The summed E-state index contributed by atoms with van der Waals surface area (Å²) in [5.74, 6) is 1.11. The molecule has 3 heterocycles. The number of imidazole rings is 1. The Bertz CT molecular complexity index is 595. The average Bonchev–Trinajstić information content (AvgIpc) is 3.15. The minimum absolute atomic E-state index is 0.172. The Morgan fingerprint density at radius 1 is 1.10 bits per heavy atom. The van der Waals surface area contributed by atoms with E-state index in [9.17, 15) is 0 Å². The molecule has 0 amide bonds. The lowest BCUT2D eigenvalue weighted by Gasteiger charge is -2.26. The van der Waals surface area contributed by atoms with Crippen LogP contribution in [0.2, 0.25) is 0 Å². The van der Waals surface area contributed by atoms with Gasteiger partial charge >= 0.3 is 0 Å². The van der Waals surface area contributed by atoms with E-state index in [0.717, 1.165) is 36.4 Å². The lowest BCUT2D eigenvalue weighted by molar-refractivity contribution is 0.0996. The van der Waals surface area contributed by atoms with E-state index in [0.29, 0.717) is 6.04 Å². The highest BCUT2D eigenvalue weighted by molar-refractivity contribution is 5.71. The SMILES string of the molecule is c1cnc2c(c1)nc(C1CCCO1)n2C1CCCCC1. The molecule has 1 saturated heterocycles. The number of ether oxygens (including phenoxy) is 1. The number of nitrogens with zero attached hydrogens (tertiary/aromatic N) is 3. The second kappa shape index (κ2) is 5.17. The van der Waals surface area contributed by atoms with Crippen LogP contribution in [0.15, 0.2) is 18.3 Å². The van der Waals surface area contributed by atoms with Crippen LogP contribution in [0.1, 0.15) is 62.9 Å². The van der Waals surface area contributed by atoms with Crippen molar-refractivity contribution in [2.24, 2.45) is 0 Å². The molecule has 0 N–H and O–H groups in total. The lowest BCUT2D eigenvalue weighted by Crippen LogP contribution is -2.17. The largest absolute Gasteiger partial charge is 0.370 e. The highest BCUT2D eigenvalue weighted by atomic mass is 16.5. The Hall–Kier alpha value is -1.42. The molecule has 0 radical (unpaired) electrons. The second-order valence-corrected chi connectivity index (χ2v) is 5.98. The van der Waals surface area contributed by atoms with Crippen molar-refractivity contribution in [3.05, 3.63) is 24.2 Å². The highest BCUT2D eigenvalue weighted by Gasteiger charge is 2.28. The maximum Gasteiger partial charge on any atom is 0.160 e. The van der Waals surface area contributed by atoms with Crippen molar-refractivity contribution in [3.63, 3.8) is 0 Å². The molecule has 1 aliphatic heterocycles. The first-order valence-corrected chi connectivity index (χ1v) is 7.88. The van der Waals surface area contributed by atoms with Gasteiger partial charge in [0.2, 0.25) is 0 Å². The molecule has 106 valence electrons. The van der Waals surface area contributed by atoms with Gasteiger partial charge in [0, 0.05) is 18.8 Å². The Morgan fingerprint density at radius 3 is 2.80 bits per heavy atom. The molecule has 4 nitrogen and oxygen atoms in total. The number of pyridine rings is 1. The van der Waals surface area contributed by atoms with Gasteiger partial charge in [0.1, 0.15) is 17.4 Å². The molecule has 0 aromatic carbocycles. The quantitative estimate of drug-likeness (QED) is 0.834. The molecule has 0 bridgehead atoms. The van der Waals surface area contributed by atoms with Crippen LogP contribution in [0, 0.1) is 0 Å². The van der Waals surface area contributed by atoms with Gasteiger partial charge in [-0.15, -0.1) is 0 Å². The minimum atomic E-state index is 0.172. The van der Waals surface area contributed by atoms with Crippen LogP contribution in [0.3, 0.4) is 0 Å². The zero-order chi connectivity index (χ0) is 13.4. The monoisotopic (exact) mass is 271 g/mol. The minimum Gasteiger partial charge on any atom is -0.370 e. The van der Waals surface area contributed by atoms with Gasteiger partial charge < -0.3 is 9.30 Å². The van der Waals surface area contributed by atoms with Gasteiger partial charge in [-0.25, -0.2) is 9.97 Å². The van der Waals surface area contributed by atoms with E-state index in [1.807, 2.05) is 12.3 Å². The van der Waals surface area contributed by atoms with Gasteiger partial charge in [0.15, 0.2) is 5.65 Å². The summed E-state index contributed by atoms with van der Waals surface area (Å²) in [6.07, 6.45) is 10.8. The first-order chi connectivity index (χ1) is 9.93. The molecule has 2 aromatic rings. The van der Waals surface area contributed by atoms with Crippen LogP contribution < -0.4 is 0 Å². The van der Waals surface area contributed by atoms with Crippen molar-refractivity contribution in [3.8, 4) is 0 Å². The highest BCUT2D eigenvalue weighted by Crippen LogP contribution is 2.36. The average molecular weight is 271 g/mol. The normalized spacial score (nSPS) is 24.5. The number of hydrogen-bond donors (Lipinski definition) is 0. The smallest absolute Gasteiger partial charge is 0.160 e. The van der Waals surface area contributed by atoms with Crippen molar-refractivity contribution in [2.45, 2.75) is 57.1 Å². The summed E-state index contributed by atoms with van der Waals surface area (Å²) in [7, 11) is 0. The van der Waals surface area contributed by atoms with Crippen molar-refractivity contribution in [1.29, 1.82) is 0 Å². The molecule has 1 atom stereocenters. The Kier molecular flexibility index (Phi) is 3.19. The Labute approximate surface area is 119 Å². The van der Waals surface area contributed by atoms with E-state index >= 15 is 0 Å². The zero-order valence-electron chi connectivity index (χ0n) is 11.8. The van der Waals surface area contributed by atoms with Gasteiger partial charge in [0.25, 0.3) is 0 Å². The molecule has 2 fully saturated rings. The number of hydrogen-bond acceptors (Lipinski definition) is 3. The van der Waals surface area contributed by atoms with Crippen molar-refractivity contribution in [2.75, 3.05) is 6.61 Å². The predicted molar refractivity (Wildman–Crippen MR) is 77.6 cm³/mol. The number of rotatable bonds is 2. The Balaban J connectivity index is 1.83. The van der Waals surface area contributed by atoms with Crippen LogP contribution in [-0.2, 0) is 4.74 Å². The van der Waals surface area contributed by atoms with Gasteiger partial charge in [0.05, 0.1) is 0 Å². The molecule has 1 unspecified atom stereocenters. The topological polar surface area (TPSA) is 39.9 Å². The van der Waals surface area contributed by atoms with Crippen molar-refractivity contribution in [1.82, 2.24) is 14.5 Å². The van der Waals surface area contributed by atoms with Crippen LogP contribution in [-0.4, -0.2) is 21.1 Å².